The van der Waals surface area contributed by atoms with Crippen LogP contribution >= 0.6 is 11.3 Å². The van der Waals surface area contributed by atoms with Crippen LogP contribution in [0, 0.1) is 11.3 Å². The van der Waals surface area contributed by atoms with Crippen LogP contribution in [0.15, 0.2) is 60.0 Å². The Hall–Kier alpha value is -3.37. The summed E-state index contributed by atoms with van der Waals surface area (Å²) < 4.78 is 1.14. The van der Waals surface area contributed by atoms with Crippen molar-refractivity contribution < 1.29 is 9.59 Å². The summed E-state index contributed by atoms with van der Waals surface area (Å²) in [6.45, 7) is 0.730. The summed E-state index contributed by atoms with van der Waals surface area (Å²) in [5.41, 5.74) is 2.15. The fourth-order valence-electron chi connectivity index (χ4n) is 3.16. The molecule has 0 aliphatic carbocycles. The second-order valence-corrected chi connectivity index (χ2v) is 7.76. The second-order valence-electron chi connectivity index (χ2n) is 6.85. The van der Waals surface area contributed by atoms with Crippen molar-refractivity contribution in [3.63, 3.8) is 0 Å². The second kappa shape index (κ2) is 11.0. The number of nitrogens with zero attached hydrogens (tertiary/aromatic N) is 1. The van der Waals surface area contributed by atoms with Crippen LogP contribution in [0.1, 0.15) is 17.5 Å². The number of carbonyl (C=O) groups excluding carboxylic acids is 2. The Kier molecular flexibility index (Phi) is 7.81. The van der Waals surface area contributed by atoms with Crippen LogP contribution in [0.2, 0.25) is 0 Å². The number of nitrogens with one attached hydrogen (secondary N) is 3. The van der Waals surface area contributed by atoms with E-state index < -0.39 is 6.04 Å². The molecule has 1 heterocycles. The van der Waals surface area contributed by atoms with E-state index in [2.05, 4.69) is 16.0 Å². The fourth-order valence-corrected chi connectivity index (χ4v) is 4.13. The summed E-state index contributed by atoms with van der Waals surface area (Å²) in [5, 5.41) is 20.2. The van der Waals surface area contributed by atoms with Crippen LogP contribution in [0.25, 0.3) is 10.1 Å². The summed E-state index contributed by atoms with van der Waals surface area (Å²) in [7, 11) is 0. The maximum atomic E-state index is 12.7. The average molecular weight is 421 g/mol. The van der Waals surface area contributed by atoms with Crippen molar-refractivity contribution in [2.24, 2.45) is 0 Å². The topological polar surface area (TPSA) is 94.0 Å². The van der Waals surface area contributed by atoms with Crippen molar-refractivity contribution in [2.75, 3.05) is 13.1 Å². The minimum Gasteiger partial charge on any atom is -0.353 e. The highest BCUT2D eigenvalue weighted by Crippen LogP contribution is 2.26. The number of hydrogen-bond donors (Lipinski definition) is 3. The van der Waals surface area contributed by atoms with Gasteiger partial charge in [-0.05, 0) is 34.4 Å². The zero-order chi connectivity index (χ0) is 21.2. The number of carbonyl (C=O) groups is 2. The Balaban J connectivity index is 1.62. The monoisotopic (exact) mass is 420 g/mol. The molecule has 3 rings (SSSR count). The summed E-state index contributed by atoms with van der Waals surface area (Å²) in [6, 6.07) is 18.8. The average Bonchev–Trinajstić information content (AvgIpc) is 3.17. The zero-order valence-corrected chi connectivity index (χ0v) is 17.4. The molecule has 0 saturated heterocycles. The molecule has 0 radical (unpaired) electrons. The molecule has 0 aliphatic rings. The summed E-state index contributed by atoms with van der Waals surface area (Å²) in [6.07, 6.45) is 1.32. The van der Waals surface area contributed by atoms with Gasteiger partial charge in [-0.3, -0.25) is 4.79 Å². The van der Waals surface area contributed by atoms with Crippen molar-refractivity contribution >= 4 is 33.4 Å². The van der Waals surface area contributed by atoms with Gasteiger partial charge in [0, 0.05) is 24.2 Å². The van der Waals surface area contributed by atoms with E-state index in [0.717, 1.165) is 21.2 Å². The lowest BCUT2D eigenvalue weighted by atomic mass is 10.0. The van der Waals surface area contributed by atoms with E-state index in [1.807, 2.05) is 66.0 Å². The third kappa shape index (κ3) is 6.06. The smallest absolute Gasteiger partial charge is 0.315 e. The first-order chi connectivity index (χ1) is 14.7. The van der Waals surface area contributed by atoms with Crippen LogP contribution in [0.4, 0.5) is 4.79 Å². The number of nitriles is 1. The van der Waals surface area contributed by atoms with Gasteiger partial charge in [-0.15, -0.1) is 11.3 Å². The molecule has 30 heavy (non-hydrogen) atoms. The molecule has 3 amide bonds. The quantitative estimate of drug-likeness (QED) is 0.463. The lowest BCUT2D eigenvalue weighted by Gasteiger charge is -2.18. The summed E-state index contributed by atoms with van der Waals surface area (Å²) in [5.74, 6) is -0.293. The molecule has 1 unspecified atom stereocenters. The number of hydrogen-bond acceptors (Lipinski definition) is 4. The molecular weight excluding hydrogens is 396 g/mol. The van der Waals surface area contributed by atoms with Crippen molar-refractivity contribution in [2.45, 2.75) is 25.3 Å². The standard InChI is InChI=1S/C23H24N4O2S/c24-12-6-13-25-22(28)20(15-18-16-30-21-10-5-4-9-19(18)21)27-23(29)26-14-11-17-7-2-1-3-8-17/h1-5,7-10,16,20H,6,11,13-15H2,(H,25,28)(H2,26,27,29). The van der Waals surface area contributed by atoms with Gasteiger partial charge in [0.2, 0.25) is 5.91 Å². The fraction of sp³-hybridized carbons (Fsp3) is 0.261. The predicted molar refractivity (Wildman–Crippen MR) is 119 cm³/mol. The van der Waals surface area contributed by atoms with Gasteiger partial charge in [0.1, 0.15) is 6.04 Å². The Morgan fingerprint density at radius 1 is 1.00 bits per heavy atom. The number of fused-ring (bicyclic) bond motifs is 1. The summed E-state index contributed by atoms with van der Waals surface area (Å²) >= 11 is 1.62. The molecule has 2 aromatic carbocycles. The van der Waals surface area contributed by atoms with Crippen LogP contribution in [-0.2, 0) is 17.6 Å². The first-order valence-corrected chi connectivity index (χ1v) is 10.7. The van der Waals surface area contributed by atoms with Gasteiger partial charge in [0.25, 0.3) is 0 Å². The molecule has 0 fully saturated rings. The molecule has 6 nitrogen and oxygen atoms in total. The van der Waals surface area contributed by atoms with Gasteiger partial charge < -0.3 is 16.0 Å². The largest absolute Gasteiger partial charge is 0.353 e. The van der Waals surface area contributed by atoms with Crippen LogP contribution in [0.5, 0.6) is 0 Å². The van der Waals surface area contributed by atoms with Crippen LogP contribution in [-0.4, -0.2) is 31.1 Å². The Morgan fingerprint density at radius 3 is 2.57 bits per heavy atom. The van der Waals surface area contributed by atoms with E-state index in [9.17, 15) is 9.59 Å². The van der Waals surface area contributed by atoms with Crippen LogP contribution < -0.4 is 16.0 Å². The first-order valence-electron chi connectivity index (χ1n) is 9.85. The van der Waals surface area contributed by atoms with Gasteiger partial charge in [-0.2, -0.15) is 5.26 Å². The minimum atomic E-state index is -0.724. The number of urea groups is 1. The molecule has 154 valence electrons. The molecule has 3 N–H and O–H groups in total. The Morgan fingerprint density at radius 2 is 1.77 bits per heavy atom. The number of thiophene rings is 1. The Bertz CT molecular complexity index is 1030. The third-order valence-electron chi connectivity index (χ3n) is 4.69. The molecule has 0 aliphatic heterocycles. The number of rotatable bonds is 9. The maximum absolute atomic E-state index is 12.7. The van der Waals surface area contributed by atoms with Gasteiger partial charge in [0.05, 0.1) is 12.5 Å². The van der Waals surface area contributed by atoms with E-state index in [4.69, 9.17) is 5.26 Å². The highest BCUT2D eigenvalue weighted by Gasteiger charge is 2.22. The van der Waals surface area contributed by atoms with Crippen molar-refractivity contribution in [1.29, 1.82) is 5.26 Å². The lowest BCUT2D eigenvalue weighted by Crippen LogP contribution is -2.51. The molecule has 1 aromatic heterocycles. The van der Waals surface area contributed by atoms with Crippen molar-refractivity contribution in [1.82, 2.24) is 16.0 Å². The van der Waals surface area contributed by atoms with Crippen molar-refractivity contribution in [3.05, 3.63) is 71.1 Å². The normalized spacial score (nSPS) is 11.4. The molecule has 0 saturated carbocycles. The zero-order valence-electron chi connectivity index (χ0n) is 16.6. The van der Waals surface area contributed by atoms with Gasteiger partial charge in [-0.1, -0.05) is 48.5 Å². The van der Waals surface area contributed by atoms with E-state index >= 15 is 0 Å². The van der Waals surface area contributed by atoms with Crippen LogP contribution in [0.3, 0.4) is 0 Å². The van der Waals surface area contributed by atoms with E-state index in [1.54, 1.807) is 11.3 Å². The molecule has 0 bridgehead atoms. The van der Waals surface area contributed by atoms with E-state index in [0.29, 0.717) is 19.4 Å². The van der Waals surface area contributed by atoms with Gasteiger partial charge in [-0.25, -0.2) is 4.79 Å². The SMILES string of the molecule is N#CCCNC(=O)C(Cc1csc2ccccc12)NC(=O)NCCc1ccccc1. The molecule has 0 spiro atoms. The van der Waals surface area contributed by atoms with Gasteiger partial charge in [0.15, 0.2) is 0 Å². The van der Waals surface area contributed by atoms with Gasteiger partial charge >= 0.3 is 6.03 Å². The molecule has 1 atom stereocenters. The highest BCUT2D eigenvalue weighted by molar-refractivity contribution is 7.17. The first kappa shape index (κ1) is 21.3. The number of amides is 3. The molecule has 3 aromatic rings. The highest BCUT2D eigenvalue weighted by atomic mass is 32.1. The summed E-state index contributed by atoms with van der Waals surface area (Å²) in [4.78, 5) is 25.1. The Labute approximate surface area is 179 Å². The van der Waals surface area contributed by atoms with E-state index in [-0.39, 0.29) is 24.9 Å². The minimum absolute atomic E-state index is 0.225. The van der Waals surface area contributed by atoms with E-state index in [1.165, 1.54) is 0 Å². The number of benzene rings is 2. The third-order valence-corrected chi connectivity index (χ3v) is 5.70. The molecular formula is C23H24N4O2S. The maximum Gasteiger partial charge on any atom is 0.315 e. The lowest BCUT2D eigenvalue weighted by molar-refractivity contribution is -0.122. The molecule has 7 heteroatoms. The van der Waals surface area contributed by atoms with Crippen molar-refractivity contribution in [3.8, 4) is 6.07 Å². The predicted octanol–water partition coefficient (Wildman–Crippen LogP) is 3.38.